The lowest BCUT2D eigenvalue weighted by Gasteiger charge is -1.77. The Morgan fingerprint density at radius 2 is 2.43 bits per heavy atom. The lowest BCUT2D eigenvalue weighted by molar-refractivity contribution is -0.102. The van der Waals surface area contributed by atoms with E-state index in [0.29, 0.717) is 12.0 Å². The highest BCUT2D eigenvalue weighted by molar-refractivity contribution is 6.33. The van der Waals surface area contributed by atoms with Gasteiger partial charge in [-0.05, 0) is 6.08 Å². The van der Waals surface area contributed by atoms with Crippen LogP contribution in [0.5, 0.6) is 0 Å². The van der Waals surface area contributed by atoms with Gasteiger partial charge in [0.1, 0.15) is 0 Å². The van der Waals surface area contributed by atoms with E-state index in [4.69, 9.17) is 0 Å². The van der Waals surface area contributed by atoms with E-state index < -0.39 is 0 Å². The van der Waals surface area contributed by atoms with Gasteiger partial charge in [0.25, 0.3) is 0 Å². The monoisotopic (exact) mass is 97.1 g/mol. The molecule has 0 rings (SSSR count). The molecule has 0 unspecified atom stereocenters. The molecular weight excluding hydrogens is 90.1 g/mol. The summed E-state index contributed by atoms with van der Waals surface area (Å²) in [5.74, 6) is 0. The summed E-state index contributed by atoms with van der Waals surface area (Å²) in [6.07, 6.45) is 2.07. The Kier molecular flexibility index (Phi) is 2.85. The van der Waals surface area contributed by atoms with Crippen molar-refractivity contribution in [3.63, 3.8) is 0 Å². The van der Waals surface area contributed by atoms with Crippen molar-refractivity contribution in [1.82, 2.24) is 0 Å². The summed E-state index contributed by atoms with van der Waals surface area (Å²) in [5.41, 5.74) is 0.389. The number of carbonyl (C=O) groups excluding carboxylic acids is 1. The number of carbonyl (C=O) groups is 1. The molecule has 0 aromatic rings. The summed E-state index contributed by atoms with van der Waals surface area (Å²) in [6.45, 7) is 3.34. The van der Waals surface area contributed by atoms with Crippen molar-refractivity contribution >= 4 is 12.0 Å². The second-order valence-corrected chi connectivity index (χ2v) is 0.970. The highest BCUT2D eigenvalue weighted by Gasteiger charge is 1.79. The highest BCUT2D eigenvalue weighted by Crippen LogP contribution is 1.68. The molecule has 2 nitrogen and oxygen atoms in total. The normalized spacial score (nSPS) is 10.7. The van der Waals surface area contributed by atoms with Gasteiger partial charge in [-0.2, -0.15) is 0 Å². The smallest absolute Gasteiger partial charge is 0.167 e. The molecule has 0 saturated carbocycles. The summed E-state index contributed by atoms with van der Waals surface area (Å²) in [4.78, 5) is 13.3. The Morgan fingerprint density at radius 3 is 2.43 bits per heavy atom. The summed E-state index contributed by atoms with van der Waals surface area (Å²) in [5, 5.41) is 0. The molecule has 0 aliphatic carbocycles. The fourth-order valence-corrected chi connectivity index (χ4v) is 0.192. The van der Waals surface area contributed by atoms with E-state index in [0.717, 1.165) is 0 Å². The third-order valence-electron chi connectivity index (χ3n) is 0.588. The SMILES string of the molecule is C=CC(C=O)=NC. The molecule has 0 aliphatic heterocycles. The first kappa shape index (κ1) is 6.08. The van der Waals surface area contributed by atoms with Gasteiger partial charge >= 0.3 is 0 Å². The lowest BCUT2D eigenvalue weighted by Crippen LogP contribution is -1.91. The lowest BCUT2D eigenvalue weighted by atomic mass is 10.4. The van der Waals surface area contributed by atoms with Gasteiger partial charge in [-0.25, -0.2) is 0 Å². The third-order valence-corrected chi connectivity index (χ3v) is 0.588. The zero-order chi connectivity index (χ0) is 5.70. The minimum Gasteiger partial charge on any atom is -0.296 e. The van der Waals surface area contributed by atoms with Crippen molar-refractivity contribution in [2.45, 2.75) is 0 Å². The number of hydrogen-bond acceptors (Lipinski definition) is 2. The van der Waals surface area contributed by atoms with Crippen molar-refractivity contribution < 1.29 is 4.79 Å². The van der Waals surface area contributed by atoms with E-state index >= 15 is 0 Å². The number of hydrogen-bond donors (Lipinski definition) is 0. The van der Waals surface area contributed by atoms with Crippen LogP contribution in [0.2, 0.25) is 0 Å². The van der Waals surface area contributed by atoms with E-state index in [2.05, 4.69) is 11.6 Å². The Morgan fingerprint density at radius 1 is 1.86 bits per heavy atom. The topological polar surface area (TPSA) is 29.4 Å². The van der Waals surface area contributed by atoms with Crippen LogP contribution in [-0.2, 0) is 4.79 Å². The molecule has 0 aromatic carbocycles. The standard InChI is InChI=1S/C5H7NO/c1-3-5(4-7)6-2/h3-4H,1H2,2H3. The predicted octanol–water partition coefficient (Wildman–Crippen LogP) is 0.442. The molecule has 7 heavy (non-hydrogen) atoms. The van der Waals surface area contributed by atoms with Gasteiger partial charge in [0.15, 0.2) is 6.29 Å². The fraction of sp³-hybridized carbons (Fsp3) is 0.200. The molecule has 0 atom stereocenters. The molecule has 0 bridgehead atoms. The van der Waals surface area contributed by atoms with Gasteiger partial charge in [0.2, 0.25) is 0 Å². The average Bonchev–Trinajstić information content (AvgIpc) is 1.72. The quantitative estimate of drug-likeness (QED) is 0.363. The van der Waals surface area contributed by atoms with Crippen molar-refractivity contribution in [2.75, 3.05) is 7.05 Å². The molecule has 0 N–H and O–H groups in total. The Hall–Kier alpha value is -0.920. The van der Waals surface area contributed by atoms with E-state index in [1.54, 1.807) is 7.05 Å². The zero-order valence-electron chi connectivity index (χ0n) is 4.22. The van der Waals surface area contributed by atoms with Crippen molar-refractivity contribution in [3.05, 3.63) is 12.7 Å². The second kappa shape index (κ2) is 3.28. The first-order chi connectivity index (χ1) is 3.35. The van der Waals surface area contributed by atoms with Crippen molar-refractivity contribution in [2.24, 2.45) is 4.99 Å². The summed E-state index contributed by atoms with van der Waals surface area (Å²) in [7, 11) is 1.55. The fourth-order valence-electron chi connectivity index (χ4n) is 0.192. The van der Waals surface area contributed by atoms with Gasteiger partial charge in [-0.1, -0.05) is 6.58 Å². The van der Waals surface area contributed by atoms with Crippen LogP contribution in [0, 0.1) is 0 Å². The Bertz CT molecular complexity index is 94.6. The van der Waals surface area contributed by atoms with Gasteiger partial charge in [-0.3, -0.25) is 9.79 Å². The van der Waals surface area contributed by atoms with Crippen LogP contribution in [0.3, 0.4) is 0 Å². The van der Waals surface area contributed by atoms with Crippen molar-refractivity contribution in [1.29, 1.82) is 0 Å². The number of rotatable bonds is 2. The van der Waals surface area contributed by atoms with Crippen molar-refractivity contribution in [3.8, 4) is 0 Å². The van der Waals surface area contributed by atoms with E-state index in [-0.39, 0.29) is 0 Å². The van der Waals surface area contributed by atoms with Crippen LogP contribution in [0.4, 0.5) is 0 Å². The van der Waals surface area contributed by atoms with Gasteiger partial charge in [-0.15, -0.1) is 0 Å². The van der Waals surface area contributed by atoms with Gasteiger partial charge in [0.05, 0.1) is 5.71 Å². The van der Waals surface area contributed by atoms with E-state index in [1.165, 1.54) is 6.08 Å². The minimum absolute atomic E-state index is 0.389. The summed E-state index contributed by atoms with van der Waals surface area (Å²) in [6, 6.07) is 0. The molecule has 0 aliphatic rings. The predicted molar refractivity (Wildman–Crippen MR) is 29.6 cm³/mol. The molecule has 0 heterocycles. The molecule has 0 amide bonds. The second-order valence-electron chi connectivity index (χ2n) is 0.970. The molecule has 0 spiro atoms. The number of allylic oxidation sites excluding steroid dienone is 1. The Labute approximate surface area is 42.6 Å². The highest BCUT2D eigenvalue weighted by atomic mass is 16.1. The summed E-state index contributed by atoms with van der Waals surface area (Å²) < 4.78 is 0. The van der Waals surface area contributed by atoms with Crippen LogP contribution in [0.1, 0.15) is 0 Å². The van der Waals surface area contributed by atoms with E-state index in [9.17, 15) is 4.79 Å². The largest absolute Gasteiger partial charge is 0.296 e. The molecule has 0 fully saturated rings. The molecule has 2 heteroatoms. The Balaban J connectivity index is 3.85. The molecule has 0 aromatic heterocycles. The summed E-state index contributed by atoms with van der Waals surface area (Å²) >= 11 is 0. The van der Waals surface area contributed by atoms with Gasteiger partial charge in [0, 0.05) is 7.05 Å². The van der Waals surface area contributed by atoms with Crippen LogP contribution in [-0.4, -0.2) is 19.0 Å². The first-order valence-electron chi connectivity index (χ1n) is 1.89. The molecule has 38 valence electrons. The first-order valence-corrected chi connectivity index (χ1v) is 1.89. The molecule has 0 saturated heterocycles. The zero-order valence-corrected chi connectivity index (χ0v) is 4.22. The maximum atomic E-state index is 9.77. The van der Waals surface area contributed by atoms with Crippen LogP contribution in [0.25, 0.3) is 0 Å². The molecule has 0 radical (unpaired) electrons. The average molecular weight is 97.1 g/mol. The van der Waals surface area contributed by atoms with Gasteiger partial charge < -0.3 is 0 Å². The number of aliphatic imine (C=N–C) groups is 1. The maximum Gasteiger partial charge on any atom is 0.167 e. The molecular formula is C5H7NO. The van der Waals surface area contributed by atoms with E-state index in [1.807, 2.05) is 0 Å². The maximum absolute atomic E-state index is 9.77. The van der Waals surface area contributed by atoms with Crippen LogP contribution < -0.4 is 0 Å². The number of aldehydes is 1. The minimum atomic E-state index is 0.389. The third kappa shape index (κ3) is 1.87. The van der Waals surface area contributed by atoms with Crippen LogP contribution in [0.15, 0.2) is 17.6 Å². The van der Waals surface area contributed by atoms with Crippen LogP contribution >= 0.6 is 0 Å². The number of nitrogens with zero attached hydrogens (tertiary/aromatic N) is 1.